The Morgan fingerprint density at radius 2 is 1.97 bits per heavy atom. The number of aromatic nitrogens is 5. The van der Waals surface area contributed by atoms with E-state index in [1.165, 1.54) is 28.8 Å². The molecule has 0 radical (unpaired) electrons. The van der Waals surface area contributed by atoms with Crippen LogP contribution < -0.4 is 5.32 Å². The molecule has 152 valence electrons. The Bertz CT molecular complexity index is 1190. The number of amides is 1. The molecule has 3 heterocycles. The predicted molar refractivity (Wildman–Crippen MR) is 105 cm³/mol. The molecule has 0 unspecified atom stereocenters. The molecule has 1 N–H and O–H groups in total. The van der Waals surface area contributed by atoms with E-state index in [1.54, 1.807) is 10.7 Å². The lowest BCUT2D eigenvalue weighted by atomic mass is 10.1. The van der Waals surface area contributed by atoms with Gasteiger partial charge in [-0.05, 0) is 24.6 Å². The zero-order valence-corrected chi connectivity index (χ0v) is 15.9. The SMILES string of the molecule is Cc1ccc(Cn2cnc(NC(=O)c3ccc(Cn4cc([N+](=O)[O-])cn4)o3)n2)cc1. The largest absolute Gasteiger partial charge is 0.454 e. The molecule has 3 aromatic heterocycles. The third-order valence-electron chi connectivity index (χ3n) is 4.26. The highest BCUT2D eigenvalue weighted by Crippen LogP contribution is 2.14. The first-order valence-electron chi connectivity index (χ1n) is 8.98. The smallest absolute Gasteiger partial charge is 0.307 e. The van der Waals surface area contributed by atoms with Crippen LogP contribution >= 0.6 is 0 Å². The van der Waals surface area contributed by atoms with Gasteiger partial charge in [0.1, 0.15) is 24.5 Å². The molecule has 11 heteroatoms. The number of hydrogen-bond donors (Lipinski definition) is 1. The first kappa shape index (κ1) is 19.1. The van der Waals surface area contributed by atoms with Crippen LogP contribution in [-0.4, -0.2) is 35.4 Å². The Hall–Kier alpha value is -4.28. The molecular formula is C19H17N7O4. The Kier molecular flexibility index (Phi) is 5.08. The number of aryl methyl sites for hydroxylation is 1. The minimum Gasteiger partial charge on any atom is -0.454 e. The molecule has 30 heavy (non-hydrogen) atoms. The molecule has 0 aliphatic heterocycles. The van der Waals surface area contributed by atoms with Gasteiger partial charge in [0.15, 0.2) is 5.76 Å². The fraction of sp³-hybridized carbons (Fsp3) is 0.158. The van der Waals surface area contributed by atoms with Crippen LogP contribution in [0.2, 0.25) is 0 Å². The fourth-order valence-electron chi connectivity index (χ4n) is 2.75. The number of nitrogens with one attached hydrogen (secondary N) is 1. The van der Waals surface area contributed by atoms with Crippen LogP contribution in [0.3, 0.4) is 0 Å². The first-order valence-corrected chi connectivity index (χ1v) is 8.98. The Morgan fingerprint density at radius 1 is 1.17 bits per heavy atom. The maximum Gasteiger partial charge on any atom is 0.307 e. The van der Waals surface area contributed by atoms with Crippen LogP contribution in [0.1, 0.15) is 27.4 Å². The number of nitro groups is 1. The van der Waals surface area contributed by atoms with Gasteiger partial charge in [-0.15, -0.1) is 5.10 Å². The van der Waals surface area contributed by atoms with E-state index in [0.717, 1.165) is 11.8 Å². The van der Waals surface area contributed by atoms with Gasteiger partial charge in [0.05, 0.1) is 18.0 Å². The van der Waals surface area contributed by atoms with E-state index in [1.807, 2.05) is 31.2 Å². The second kappa shape index (κ2) is 7.99. The summed E-state index contributed by atoms with van der Waals surface area (Å²) in [6, 6.07) is 11.2. The summed E-state index contributed by atoms with van der Waals surface area (Å²) in [6.45, 7) is 2.71. The van der Waals surface area contributed by atoms with Crippen LogP contribution in [0.4, 0.5) is 11.6 Å². The van der Waals surface area contributed by atoms with Crippen molar-refractivity contribution in [2.45, 2.75) is 20.0 Å². The van der Waals surface area contributed by atoms with Crippen molar-refractivity contribution in [2.24, 2.45) is 0 Å². The normalized spacial score (nSPS) is 10.8. The number of benzene rings is 1. The van der Waals surface area contributed by atoms with Crippen LogP contribution in [-0.2, 0) is 13.1 Å². The molecule has 1 amide bonds. The molecule has 0 spiro atoms. The first-order chi connectivity index (χ1) is 14.5. The van der Waals surface area contributed by atoms with E-state index in [2.05, 4.69) is 20.5 Å². The second-order valence-electron chi connectivity index (χ2n) is 6.62. The summed E-state index contributed by atoms with van der Waals surface area (Å²) in [4.78, 5) is 26.6. The number of anilines is 1. The summed E-state index contributed by atoms with van der Waals surface area (Å²) in [5, 5.41) is 21.4. The second-order valence-corrected chi connectivity index (χ2v) is 6.62. The van der Waals surface area contributed by atoms with Crippen molar-refractivity contribution in [3.8, 4) is 0 Å². The van der Waals surface area contributed by atoms with Gasteiger partial charge >= 0.3 is 5.69 Å². The van der Waals surface area contributed by atoms with Gasteiger partial charge in [-0.25, -0.2) is 9.67 Å². The summed E-state index contributed by atoms with van der Waals surface area (Å²) < 4.78 is 8.48. The summed E-state index contributed by atoms with van der Waals surface area (Å²) in [7, 11) is 0. The summed E-state index contributed by atoms with van der Waals surface area (Å²) >= 11 is 0. The van der Waals surface area contributed by atoms with Crippen molar-refractivity contribution in [1.29, 1.82) is 0 Å². The Labute approximate surface area is 170 Å². The van der Waals surface area contributed by atoms with Crippen molar-refractivity contribution < 1.29 is 14.1 Å². The van der Waals surface area contributed by atoms with Gasteiger partial charge in [-0.1, -0.05) is 29.8 Å². The summed E-state index contributed by atoms with van der Waals surface area (Å²) in [6.07, 6.45) is 3.97. The zero-order valence-electron chi connectivity index (χ0n) is 15.9. The number of carbonyl (C=O) groups excluding carboxylic acids is 1. The lowest BCUT2D eigenvalue weighted by Crippen LogP contribution is -2.12. The summed E-state index contributed by atoms with van der Waals surface area (Å²) in [5.41, 5.74) is 2.12. The van der Waals surface area contributed by atoms with Crippen molar-refractivity contribution >= 4 is 17.5 Å². The fourth-order valence-corrected chi connectivity index (χ4v) is 2.75. The van der Waals surface area contributed by atoms with Gasteiger partial charge in [-0.3, -0.25) is 24.9 Å². The van der Waals surface area contributed by atoms with Crippen molar-refractivity contribution in [2.75, 3.05) is 5.32 Å². The van der Waals surface area contributed by atoms with Crippen LogP contribution in [0, 0.1) is 17.0 Å². The number of rotatable bonds is 7. The maximum absolute atomic E-state index is 12.4. The molecule has 0 atom stereocenters. The molecule has 1 aromatic carbocycles. The van der Waals surface area contributed by atoms with E-state index in [9.17, 15) is 14.9 Å². The van der Waals surface area contributed by atoms with E-state index < -0.39 is 10.8 Å². The van der Waals surface area contributed by atoms with E-state index in [-0.39, 0.29) is 23.9 Å². The van der Waals surface area contributed by atoms with Gasteiger partial charge in [0, 0.05) is 0 Å². The molecule has 11 nitrogen and oxygen atoms in total. The van der Waals surface area contributed by atoms with Gasteiger partial charge in [0.2, 0.25) is 5.95 Å². The van der Waals surface area contributed by atoms with E-state index in [4.69, 9.17) is 4.42 Å². The number of nitrogens with zero attached hydrogens (tertiary/aromatic N) is 6. The molecule has 0 aliphatic rings. The summed E-state index contributed by atoms with van der Waals surface area (Å²) in [5.74, 6) is 0.158. The highest BCUT2D eigenvalue weighted by molar-refractivity contribution is 6.01. The standard InChI is InChI=1S/C19H17N7O4/c1-13-2-4-14(5-3-13)9-25-12-20-19(23-25)22-18(27)17-7-6-16(30-17)11-24-10-15(8-21-24)26(28)29/h2-8,10,12H,9,11H2,1H3,(H,22,23,27). The molecule has 4 aromatic rings. The third kappa shape index (κ3) is 4.41. The molecule has 0 saturated carbocycles. The Morgan fingerprint density at radius 3 is 2.70 bits per heavy atom. The molecule has 0 aliphatic carbocycles. The molecule has 0 saturated heterocycles. The van der Waals surface area contributed by atoms with Crippen LogP contribution in [0.5, 0.6) is 0 Å². The van der Waals surface area contributed by atoms with Crippen molar-refractivity contribution in [3.63, 3.8) is 0 Å². The number of carbonyl (C=O) groups is 1. The average Bonchev–Trinajstić information content (AvgIpc) is 3.46. The monoisotopic (exact) mass is 407 g/mol. The molecule has 0 bridgehead atoms. The minimum atomic E-state index is -0.532. The molecular weight excluding hydrogens is 390 g/mol. The highest BCUT2D eigenvalue weighted by atomic mass is 16.6. The van der Waals surface area contributed by atoms with Crippen molar-refractivity contribution in [1.82, 2.24) is 24.5 Å². The Balaban J connectivity index is 1.36. The molecule has 4 rings (SSSR count). The van der Waals surface area contributed by atoms with E-state index >= 15 is 0 Å². The quantitative estimate of drug-likeness (QED) is 0.368. The van der Waals surface area contributed by atoms with Gasteiger partial charge < -0.3 is 4.42 Å². The minimum absolute atomic E-state index is 0.0709. The lowest BCUT2D eigenvalue weighted by molar-refractivity contribution is -0.385. The van der Waals surface area contributed by atoms with Crippen LogP contribution in [0.25, 0.3) is 0 Å². The van der Waals surface area contributed by atoms with Crippen molar-refractivity contribution in [3.05, 3.63) is 87.9 Å². The van der Waals surface area contributed by atoms with Gasteiger partial charge in [-0.2, -0.15) is 5.10 Å². The van der Waals surface area contributed by atoms with E-state index in [0.29, 0.717) is 12.3 Å². The van der Waals surface area contributed by atoms with Gasteiger partial charge in [0.25, 0.3) is 5.91 Å². The highest BCUT2D eigenvalue weighted by Gasteiger charge is 2.15. The lowest BCUT2D eigenvalue weighted by Gasteiger charge is -2.01. The average molecular weight is 407 g/mol. The topological polar surface area (TPSA) is 134 Å². The van der Waals surface area contributed by atoms with Crippen LogP contribution in [0.15, 0.2) is 59.5 Å². The predicted octanol–water partition coefficient (Wildman–Crippen LogP) is 2.63. The molecule has 0 fully saturated rings. The maximum atomic E-state index is 12.4. The number of furan rings is 1. The number of hydrogen-bond acceptors (Lipinski definition) is 7. The third-order valence-corrected chi connectivity index (χ3v) is 4.26. The zero-order chi connectivity index (χ0) is 21.1.